The highest BCUT2D eigenvalue weighted by Crippen LogP contribution is 2.19. The normalized spacial score (nSPS) is 18.9. The number of nitrogens with zero attached hydrogens (tertiary/aromatic N) is 3. The molecule has 1 atom stereocenters. The summed E-state index contributed by atoms with van der Waals surface area (Å²) >= 11 is 0. The van der Waals surface area contributed by atoms with Crippen LogP contribution < -0.4 is 0 Å². The third-order valence-corrected chi connectivity index (χ3v) is 5.22. The minimum absolute atomic E-state index is 0.107. The van der Waals surface area contributed by atoms with Crippen molar-refractivity contribution in [1.82, 2.24) is 20.0 Å². The first-order chi connectivity index (χ1) is 13.4. The fourth-order valence-corrected chi connectivity index (χ4v) is 3.86. The first-order valence-corrected chi connectivity index (χ1v) is 9.99. The summed E-state index contributed by atoms with van der Waals surface area (Å²) in [4.78, 5) is 4.60. The van der Waals surface area contributed by atoms with Crippen molar-refractivity contribution in [3.63, 3.8) is 0 Å². The average molecular weight is 392 g/mol. The second-order valence-corrected chi connectivity index (χ2v) is 8.10. The fourth-order valence-electron chi connectivity index (χ4n) is 3.86. The van der Waals surface area contributed by atoms with Gasteiger partial charge < -0.3 is 5.11 Å². The van der Waals surface area contributed by atoms with Gasteiger partial charge in [-0.05, 0) is 42.5 Å². The number of hydrogen-bond donors (Lipinski definition) is 2. The molecule has 1 aliphatic rings. The van der Waals surface area contributed by atoms with Crippen molar-refractivity contribution in [2.75, 3.05) is 26.2 Å². The Morgan fingerprint density at radius 3 is 2.71 bits per heavy atom. The maximum absolute atomic E-state index is 13.5. The van der Waals surface area contributed by atoms with Crippen LogP contribution in [0.2, 0.25) is 0 Å². The largest absolute Gasteiger partial charge is 0.396 e. The van der Waals surface area contributed by atoms with Gasteiger partial charge in [-0.3, -0.25) is 14.9 Å². The Morgan fingerprint density at radius 2 is 2.00 bits per heavy atom. The van der Waals surface area contributed by atoms with Gasteiger partial charge in [0.1, 0.15) is 0 Å². The van der Waals surface area contributed by atoms with E-state index in [2.05, 4.69) is 39.9 Å². The predicted molar refractivity (Wildman–Crippen MR) is 105 cm³/mol. The predicted octanol–water partition coefficient (Wildman–Crippen LogP) is 2.96. The molecule has 3 rings (SSSR count). The van der Waals surface area contributed by atoms with E-state index < -0.39 is 11.6 Å². The van der Waals surface area contributed by atoms with Crippen molar-refractivity contribution in [2.24, 2.45) is 5.92 Å². The second kappa shape index (κ2) is 9.58. The molecule has 0 unspecified atom stereocenters. The molecule has 0 aliphatic carbocycles. The molecule has 5 nitrogen and oxygen atoms in total. The van der Waals surface area contributed by atoms with E-state index in [1.165, 1.54) is 12.1 Å². The molecule has 0 bridgehead atoms. The Morgan fingerprint density at radius 1 is 1.18 bits per heavy atom. The smallest absolute Gasteiger partial charge is 0.159 e. The lowest BCUT2D eigenvalue weighted by atomic mass is 10.1. The molecule has 1 saturated heterocycles. The Balaban J connectivity index is 1.60. The molecular weight excluding hydrogens is 362 g/mol. The molecule has 1 fully saturated rings. The molecular formula is C21H30F2N4O. The van der Waals surface area contributed by atoms with Crippen LogP contribution in [0.3, 0.4) is 0 Å². The molecule has 28 heavy (non-hydrogen) atoms. The molecule has 7 heteroatoms. The first kappa shape index (κ1) is 20.9. The van der Waals surface area contributed by atoms with Crippen molar-refractivity contribution in [2.45, 2.75) is 45.8 Å². The maximum atomic E-state index is 13.5. The fraction of sp³-hybridized carbons (Fsp3) is 0.571. The van der Waals surface area contributed by atoms with Crippen molar-refractivity contribution >= 4 is 0 Å². The summed E-state index contributed by atoms with van der Waals surface area (Å²) in [5.41, 5.74) is 2.95. The zero-order valence-electron chi connectivity index (χ0n) is 16.7. The summed E-state index contributed by atoms with van der Waals surface area (Å²) in [5, 5.41) is 17.0. The van der Waals surface area contributed by atoms with Crippen LogP contribution in [0.4, 0.5) is 8.78 Å². The molecule has 0 radical (unpaired) electrons. The lowest BCUT2D eigenvalue weighted by Gasteiger charge is -2.41. The lowest BCUT2D eigenvalue weighted by molar-refractivity contribution is 0.0493. The number of halogens is 2. The van der Waals surface area contributed by atoms with E-state index in [9.17, 15) is 13.9 Å². The molecule has 154 valence electrons. The second-order valence-electron chi connectivity index (χ2n) is 8.10. The number of piperazine rings is 1. The minimum Gasteiger partial charge on any atom is -0.396 e. The number of benzene rings is 1. The van der Waals surface area contributed by atoms with Gasteiger partial charge in [0, 0.05) is 51.1 Å². The van der Waals surface area contributed by atoms with Crippen molar-refractivity contribution in [3.8, 4) is 0 Å². The van der Waals surface area contributed by atoms with Crippen LogP contribution in [0.5, 0.6) is 0 Å². The molecule has 1 aromatic carbocycles. The summed E-state index contributed by atoms with van der Waals surface area (Å²) in [5.74, 6) is -1.06. The Hall–Kier alpha value is -1.83. The zero-order valence-corrected chi connectivity index (χ0v) is 16.7. The molecule has 1 aliphatic heterocycles. The third kappa shape index (κ3) is 5.59. The molecule has 0 spiro atoms. The number of aliphatic hydroxyl groups excluding tert-OH is 1. The van der Waals surface area contributed by atoms with Gasteiger partial charge in [-0.1, -0.05) is 19.9 Å². The molecule has 2 heterocycles. The van der Waals surface area contributed by atoms with Crippen molar-refractivity contribution in [1.29, 1.82) is 0 Å². The number of aliphatic hydroxyl groups is 1. The molecule has 0 saturated carbocycles. The Bertz CT molecular complexity index is 765. The highest BCUT2D eigenvalue weighted by Gasteiger charge is 2.27. The Labute approximate surface area is 165 Å². The van der Waals surface area contributed by atoms with E-state index in [-0.39, 0.29) is 12.6 Å². The van der Waals surface area contributed by atoms with Crippen LogP contribution in [0.1, 0.15) is 37.2 Å². The number of aromatic amines is 1. The third-order valence-electron chi connectivity index (χ3n) is 5.22. The standard InChI is InChI=1S/C21H30F2N4O/c1-15(2)9-17-11-18(25-24-17)13-26-6-7-27(19(14-26)5-8-28)12-16-3-4-20(22)21(23)10-16/h3-4,10-11,15,19,28H,5-9,12-14H2,1-2H3,(H,24,25)/t19-/m0/s1. The summed E-state index contributed by atoms with van der Waals surface area (Å²) < 4.78 is 26.7. The average Bonchev–Trinajstić information content (AvgIpc) is 3.06. The monoisotopic (exact) mass is 392 g/mol. The van der Waals surface area contributed by atoms with Gasteiger partial charge in [0.15, 0.2) is 11.6 Å². The lowest BCUT2D eigenvalue weighted by Crippen LogP contribution is -2.52. The van der Waals surface area contributed by atoms with Gasteiger partial charge in [-0.25, -0.2) is 8.78 Å². The number of rotatable bonds is 8. The highest BCUT2D eigenvalue weighted by molar-refractivity contribution is 5.18. The number of aromatic nitrogens is 2. The molecule has 0 amide bonds. The SMILES string of the molecule is CC(C)Cc1cc(CN2CCN(Cc3ccc(F)c(F)c3)[C@@H](CCO)C2)[nH]n1. The van der Waals surface area contributed by atoms with Crippen LogP contribution in [-0.4, -0.2) is 57.4 Å². The van der Waals surface area contributed by atoms with E-state index in [1.54, 1.807) is 6.07 Å². The van der Waals surface area contributed by atoms with Gasteiger partial charge in [0.25, 0.3) is 0 Å². The highest BCUT2D eigenvalue weighted by atomic mass is 19.2. The summed E-state index contributed by atoms with van der Waals surface area (Å²) in [6, 6.07) is 6.37. The van der Waals surface area contributed by atoms with Gasteiger partial charge in [0.05, 0.1) is 5.69 Å². The van der Waals surface area contributed by atoms with Crippen LogP contribution >= 0.6 is 0 Å². The van der Waals surface area contributed by atoms with Gasteiger partial charge in [0.2, 0.25) is 0 Å². The van der Waals surface area contributed by atoms with E-state index in [4.69, 9.17) is 0 Å². The Kier molecular flexibility index (Phi) is 7.15. The first-order valence-electron chi connectivity index (χ1n) is 9.99. The van der Waals surface area contributed by atoms with E-state index in [0.29, 0.717) is 18.9 Å². The van der Waals surface area contributed by atoms with Gasteiger partial charge in [-0.15, -0.1) is 0 Å². The van der Waals surface area contributed by atoms with E-state index in [0.717, 1.165) is 49.6 Å². The quantitative estimate of drug-likeness (QED) is 0.725. The summed E-state index contributed by atoms with van der Waals surface area (Å²) in [6.45, 7) is 8.34. The van der Waals surface area contributed by atoms with Crippen LogP contribution in [0, 0.1) is 17.6 Å². The number of H-pyrrole nitrogens is 1. The van der Waals surface area contributed by atoms with Crippen molar-refractivity contribution < 1.29 is 13.9 Å². The zero-order chi connectivity index (χ0) is 20.1. The van der Waals surface area contributed by atoms with Crippen LogP contribution in [0.15, 0.2) is 24.3 Å². The van der Waals surface area contributed by atoms with Gasteiger partial charge >= 0.3 is 0 Å². The van der Waals surface area contributed by atoms with E-state index >= 15 is 0 Å². The van der Waals surface area contributed by atoms with Crippen LogP contribution in [0.25, 0.3) is 0 Å². The number of hydrogen-bond acceptors (Lipinski definition) is 4. The molecule has 1 aromatic heterocycles. The summed E-state index contributed by atoms with van der Waals surface area (Å²) in [7, 11) is 0. The van der Waals surface area contributed by atoms with Crippen molar-refractivity contribution in [3.05, 3.63) is 52.9 Å². The van der Waals surface area contributed by atoms with Crippen LogP contribution in [-0.2, 0) is 19.5 Å². The molecule has 2 N–H and O–H groups in total. The van der Waals surface area contributed by atoms with E-state index in [1.807, 2.05) is 0 Å². The topological polar surface area (TPSA) is 55.4 Å². The minimum atomic E-state index is -0.822. The number of nitrogens with one attached hydrogen (secondary N) is 1. The summed E-state index contributed by atoms with van der Waals surface area (Å²) in [6.07, 6.45) is 1.62. The maximum Gasteiger partial charge on any atom is 0.159 e. The molecule has 2 aromatic rings. The van der Waals surface area contributed by atoms with Gasteiger partial charge in [-0.2, -0.15) is 5.10 Å².